The highest BCUT2D eigenvalue weighted by molar-refractivity contribution is 5.66. The Labute approximate surface area is 174 Å². The molecule has 0 saturated heterocycles. The molecule has 4 aliphatic carbocycles. The first-order valence-corrected chi connectivity index (χ1v) is 11.8. The van der Waals surface area contributed by atoms with Crippen molar-refractivity contribution >= 4 is 5.97 Å². The molecule has 4 aliphatic rings. The topological polar surface area (TPSA) is 98.0 Å². The van der Waals surface area contributed by atoms with E-state index in [4.69, 9.17) is 5.11 Å². The quantitative estimate of drug-likeness (QED) is 0.570. The molecule has 0 spiro atoms. The van der Waals surface area contributed by atoms with Crippen LogP contribution < -0.4 is 0 Å². The largest absolute Gasteiger partial charge is 0.481 e. The Kier molecular flexibility index (Phi) is 5.36. The van der Waals surface area contributed by atoms with Crippen LogP contribution in [0.1, 0.15) is 85.0 Å². The van der Waals surface area contributed by atoms with Crippen LogP contribution in [0.5, 0.6) is 0 Å². The van der Waals surface area contributed by atoms with E-state index in [9.17, 15) is 20.1 Å². The first kappa shape index (κ1) is 21.6. The molecule has 0 bridgehead atoms. The zero-order chi connectivity index (χ0) is 21.2. The lowest BCUT2D eigenvalue weighted by Gasteiger charge is -2.65. The minimum atomic E-state index is -1.17. The number of carboxylic acid groups (broad SMARTS) is 1. The molecular formula is C24H40O5. The highest BCUT2D eigenvalue weighted by Crippen LogP contribution is 2.69. The van der Waals surface area contributed by atoms with Crippen molar-refractivity contribution in [2.45, 2.75) is 103 Å². The fraction of sp³-hybridized carbons (Fsp3) is 0.958. The summed E-state index contributed by atoms with van der Waals surface area (Å²) in [6, 6.07) is 0. The monoisotopic (exact) mass is 408 g/mol. The normalized spacial score (nSPS) is 52.9. The predicted octanol–water partition coefficient (Wildman–Crippen LogP) is 3.59. The molecule has 4 N–H and O–H groups in total. The van der Waals surface area contributed by atoms with Crippen LogP contribution in [0.3, 0.4) is 0 Å². The molecule has 0 aromatic heterocycles. The maximum absolute atomic E-state index is 11.5. The van der Waals surface area contributed by atoms with Gasteiger partial charge in [0.05, 0.1) is 17.8 Å². The third-order valence-electron chi connectivity index (χ3n) is 10.4. The fourth-order valence-corrected chi connectivity index (χ4v) is 8.79. The number of aliphatic hydroxyl groups excluding tert-OH is 2. The van der Waals surface area contributed by atoms with E-state index in [2.05, 4.69) is 20.8 Å². The third-order valence-corrected chi connectivity index (χ3v) is 10.4. The Morgan fingerprint density at radius 1 is 1.07 bits per heavy atom. The fourth-order valence-electron chi connectivity index (χ4n) is 8.79. The van der Waals surface area contributed by atoms with Crippen molar-refractivity contribution in [1.82, 2.24) is 0 Å². The zero-order valence-electron chi connectivity index (χ0n) is 18.3. The summed E-state index contributed by atoms with van der Waals surface area (Å²) in [6.07, 6.45) is 6.65. The molecule has 0 amide bonds. The molecule has 5 nitrogen and oxygen atoms in total. The van der Waals surface area contributed by atoms with Crippen LogP contribution in [0, 0.1) is 40.4 Å². The number of carbonyl (C=O) groups is 1. The standard InChI is InChI=1S/C24H40O5/c1-14(4-7-21(27)28)17-5-6-18-16-12-20(26)24(29)13-15(25)8-11-23(24,3)19(16)9-10-22(17,18)2/h14-20,25-26,29H,4-13H2,1-3H3,(H,27,28)/t14?,15-,16-,17+,18-,19-,20+,22+,23+,24-/m0/s1. The SMILES string of the molecule is CC(CCC(=O)O)[C@H]1CC[C@H]2[C@@H]3C[C@@H](O)[C@@]4(O)C[C@@H](O)CC[C@]4(C)[C@H]3CC[C@]12C. The van der Waals surface area contributed by atoms with Crippen molar-refractivity contribution in [2.24, 2.45) is 40.4 Å². The van der Waals surface area contributed by atoms with E-state index in [0.717, 1.165) is 38.5 Å². The molecule has 0 heterocycles. The molecule has 166 valence electrons. The van der Waals surface area contributed by atoms with Crippen LogP contribution in [0.4, 0.5) is 0 Å². The van der Waals surface area contributed by atoms with Crippen LogP contribution in [0.15, 0.2) is 0 Å². The van der Waals surface area contributed by atoms with Gasteiger partial charge in [-0.05, 0) is 86.4 Å². The highest BCUT2D eigenvalue weighted by atomic mass is 16.4. The number of hydrogen-bond donors (Lipinski definition) is 4. The van der Waals surface area contributed by atoms with E-state index >= 15 is 0 Å². The molecule has 0 aromatic carbocycles. The number of hydrogen-bond acceptors (Lipinski definition) is 4. The second-order valence-corrected chi connectivity index (χ2v) is 11.5. The minimum absolute atomic E-state index is 0.207. The predicted molar refractivity (Wildman–Crippen MR) is 110 cm³/mol. The van der Waals surface area contributed by atoms with Crippen molar-refractivity contribution < 1.29 is 25.2 Å². The summed E-state index contributed by atoms with van der Waals surface area (Å²) in [6.45, 7) is 6.82. The lowest BCUT2D eigenvalue weighted by molar-refractivity contribution is -0.264. The maximum atomic E-state index is 11.5. The van der Waals surface area contributed by atoms with Crippen molar-refractivity contribution in [2.75, 3.05) is 0 Å². The lowest BCUT2D eigenvalue weighted by atomic mass is 9.42. The van der Waals surface area contributed by atoms with Gasteiger partial charge in [-0.3, -0.25) is 4.79 Å². The first-order chi connectivity index (χ1) is 13.5. The molecule has 10 atom stereocenters. The first-order valence-electron chi connectivity index (χ1n) is 11.8. The summed E-state index contributed by atoms with van der Waals surface area (Å²) in [4.78, 5) is 11.1. The molecule has 4 saturated carbocycles. The van der Waals surface area contributed by atoms with Gasteiger partial charge in [0, 0.05) is 18.3 Å². The van der Waals surface area contributed by atoms with E-state index in [0.29, 0.717) is 48.9 Å². The van der Waals surface area contributed by atoms with Gasteiger partial charge in [-0.1, -0.05) is 20.8 Å². The summed E-state index contributed by atoms with van der Waals surface area (Å²) < 4.78 is 0. The van der Waals surface area contributed by atoms with E-state index < -0.39 is 23.8 Å². The van der Waals surface area contributed by atoms with E-state index in [1.807, 2.05) is 0 Å². The van der Waals surface area contributed by atoms with Gasteiger partial charge in [0.2, 0.25) is 0 Å². The van der Waals surface area contributed by atoms with Gasteiger partial charge in [0.25, 0.3) is 0 Å². The van der Waals surface area contributed by atoms with Gasteiger partial charge in [0.15, 0.2) is 0 Å². The van der Waals surface area contributed by atoms with Crippen LogP contribution in [0.2, 0.25) is 0 Å². The van der Waals surface area contributed by atoms with Gasteiger partial charge in [0.1, 0.15) is 0 Å². The van der Waals surface area contributed by atoms with E-state index in [1.165, 1.54) is 0 Å². The summed E-state index contributed by atoms with van der Waals surface area (Å²) in [5.74, 6) is 1.61. The molecule has 29 heavy (non-hydrogen) atoms. The minimum Gasteiger partial charge on any atom is -0.481 e. The lowest BCUT2D eigenvalue weighted by Crippen LogP contribution is -2.68. The third kappa shape index (κ3) is 3.10. The zero-order valence-corrected chi connectivity index (χ0v) is 18.3. The average Bonchev–Trinajstić information content (AvgIpc) is 3.00. The Hall–Kier alpha value is -0.650. The molecule has 0 aliphatic heterocycles. The molecule has 0 radical (unpaired) electrons. The molecule has 4 rings (SSSR count). The number of aliphatic hydroxyl groups is 3. The molecule has 4 fully saturated rings. The summed E-state index contributed by atoms with van der Waals surface area (Å²) >= 11 is 0. The van der Waals surface area contributed by atoms with Crippen LogP contribution in [-0.4, -0.2) is 44.2 Å². The van der Waals surface area contributed by atoms with E-state index in [-0.39, 0.29) is 17.3 Å². The average molecular weight is 409 g/mol. The van der Waals surface area contributed by atoms with Crippen molar-refractivity contribution in [3.63, 3.8) is 0 Å². The maximum Gasteiger partial charge on any atom is 0.303 e. The van der Waals surface area contributed by atoms with Gasteiger partial charge in [-0.2, -0.15) is 0 Å². The molecule has 5 heteroatoms. The second kappa shape index (κ2) is 7.20. The van der Waals surface area contributed by atoms with Crippen LogP contribution in [0.25, 0.3) is 0 Å². The highest BCUT2D eigenvalue weighted by Gasteiger charge is 2.67. The second-order valence-electron chi connectivity index (χ2n) is 11.5. The summed E-state index contributed by atoms with van der Waals surface area (Å²) in [5.41, 5.74) is -1.30. The smallest absolute Gasteiger partial charge is 0.303 e. The molecular weight excluding hydrogens is 368 g/mol. The van der Waals surface area contributed by atoms with Gasteiger partial charge in [-0.15, -0.1) is 0 Å². The number of rotatable bonds is 4. The number of aliphatic carboxylic acids is 1. The van der Waals surface area contributed by atoms with Crippen LogP contribution in [-0.2, 0) is 4.79 Å². The van der Waals surface area contributed by atoms with Crippen molar-refractivity contribution in [3.05, 3.63) is 0 Å². The Morgan fingerprint density at radius 3 is 2.48 bits per heavy atom. The Bertz CT molecular complexity index is 651. The van der Waals surface area contributed by atoms with E-state index in [1.54, 1.807) is 0 Å². The van der Waals surface area contributed by atoms with Crippen molar-refractivity contribution in [1.29, 1.82) is 0 Å². The Balaban J connectivity index is 1.58. The Morgan fingerprint density at radius 2 is 1.79 bits per heavy atom. The van der Waals surface area contributed by atoms with Gasteiger partial charge in [-0.25, -0.2) is 0 Å². The van der Waals surface area contributed by atoms with Crippen molar-refractivity contribution in [3.8, 4) is 0 Å². The number of carboxylic acids is 1. The molecule has 0 aromatic rings. The van der Waals surface area contributed by atoms with Crippen LogP contribution >= 0.6 is 0 Å². The summed E-state index contributed by atoms with van der Waals surface area (Å²) in [7, 11) is 0. The van der Waals surface area contributed by atoms with Gasteiger partial charge < -0.3 is 20.4 Å². The molecule has 1 unspecified atom stereocenters. The number of fused-ring (bicyclic) bond motifs is 5. The van der Waals surface area contributed by atoms with Gasteiger partial charge >= 0.3 is 5.97 Å². The summed E-state index contributed by atoms with van der Waals surface area (Å²) in [5, 5.41) is 41.9.